The third kappa shape index (κ3) is 3.35. The molecule has 98 valence electrons. The summed E-state index contributed by atoms with van der Waals surface area (Å²) < 4.78 is 0. The molecular formula is C16H18N2S. The van der Waals surface area contributed by atoms with Crippen LogP contribution in [0.5, 0.6) is 0 Å². The van der Waals surface area contributed by atoms with Gasteiger partial charge < -0.3 is 0 Å². The Bertz CT molecular complexity index is 521. The second kappa shape index (κ2) is 6.20. The maximum absolute atomic E-state index is 4.67. The molecule has 0 amide bonds. The number of thioether (sulfide) groups is 1. The van der Waals surface area contributed by atoms with E-state index in [-0.39, 0.29) is 0 Å². The van der Waals surface area contributed by atoms with Crippen molar-refractivity contribution in [3.63, 3.8) is 0 Å². The van der Waals surface area contributed by atoms with Gasteiger partial charge in [-0.2, -0.15) is 11.8 Å². The van der Waals surface area contributed by atoms with Crippen LogP contribution < -0.4 is 0 Å². The Morgan fingerprint density at radius 2 is 1.84 bits per heavy atom. The molecule has 0 spiro atoms. The monoisotopic (exact) mass is 270 g/mol. The fourth-order valence-corrected chi connectivity index (χ4v) is 3.69. The molecule has 1 saturated carbocycles. The molecule has 2 nitrogen and oxygen atoms in total. The molecule has 19 heavy (non-hydrogen) atoms. The number of hydrogen-bond acceptors (Lipinski definition) is 3. The first-order chi connectivity index (χ1) is 9.42. The molecule has 0 saturated heterocycles. The van der Waals surface area contributed by atoms with Crippen LogP contribution >= 0.6 is 11.8 Å². The van der Waals surface area contributed by atoms with E-state index in [1.165, 1.54) is 25.7 Å². The molecule has 1 aliphatic carbocycles. The van der Waals surface area contributed by atoms with Gasteiger partial charge in [0.05, 0.1) is 5.69 Å². The van der Waals surface area contributed by atoms with E-state index in [1.54, 1.807) is 0 Å². The van der Waals surface area contributed by atoms with Crippen LogP contribution in [0, 0.1) is 0 Å². The van der Waals surface area contributed by atoms with Crippen LogP contribution in [0.15, 0.2) is 42.6 Å². The molecule has 0 unspecified atom stereocenters. The Morgan fingerprint density at radius 3 is 2.63 bits per heavy atom. The molecule has 0 bridgehead atoms. The Hall–Kier alpha value is -1.35. The molecule has 1 fully saturated rings. The first-order valence-corrected chi connectivity index (χ1v) is 7.95. The molecule has 2 aromatic rings. The lowest BCUT2D eigenvalue weighted by Gasteiger charge is -2.08. The predicted molar refractivity (Wildman–Crippen MR) is 81.0 cm³/mol. The normalized spacial score (nSPS) is 15.8. The minimum absolute atomic E-state index is 0.838. The van der Waals surface area contributed by atoms with Gasteiger partial charge in [0.2, 0.25) is 0 Å². The van der Waals surface area contributed by atoms with Crippen LogP contribution in [-0.4, -0.2) is 15.2 Å². The molecule has 3 rings (SSSR count). The highest BCUT2D eigenvalue weighted by molar-refractivity contribution is 7.99. The van der Waals surface area contributed by atoms with Crippen LogP contribution in [0.4, 0.5) is 0 Å². The van der Waals surface area contributed by atoms with Gasteiger partial charge in [-0.1, -0.05) is 43.2 Å². The van der Waals surface area contributed by atoms with E-state index in [0.717, 1.165) is 28.1 Å². The highest BCUT2D eigenvalue weighted by Gasteiger charge is 2.15. The van der Waals surface area contributed by atoms with Gasteiger partial charge in [-0.15, -0.1) is 0 Å². The van der Waals surface area contributed by atoms with E-state index in [2.05, 4.69) is 33.9 Å². The van der Waals surface area contributed by atoms with Crippen molar-refractivity contribution < 1.29 is 0 Å². The molecule has 0 radical (unpaired) electrons. The lowest BCUT2D eigenvalue weighted by Crippen LogP contribution is -1.98. The zero-order valence-electron chi connectivity index (χ0n) is 11.0. The third-order valence-corrected chi connectivity index (χ3v) is 4.92. The summed E-state index contributed by atoms with van der Waals surface area (Å²) in [5, 5.41) is 0.843. The summed E-state index contributed by atoms with van der Waals surface area (Å²) in [6.07, 6.45) is 7.43. The van der Waals surface area contributed by atoms with Crippen LogP contribution in [0.1, 0.15) is 31.4 Å². The number of nitrogens with zero attached hydrogens (tertiary/aromatic N) is 2. The summed E-state index contributed by atoms with van der Waals surface area (Å²) >= 11 is 2.05. The molecular weight excluding hydrogens is 252 g/mol. The topological polar surface area (TPSA) is 25.8 Å². The van der Waals surface area contributed by atoms with Crippen molar-refractivity contribution in [3.8, 4) is 11.4 Å². The van der Waals surface area contributed by atoms with E-state index in [1.807, 2.05) is 30.5 Å². The average Bonchev–Trinajstić information content (AvgIpc) is 3.00. The summed E-state index contributed by atoms with van der Waals surface area (Å²) in [4.78, 5) is 9.04. The summed E-state index contributed by atoms with van der Waals surface area (Å²) in [6, 6.07) is 12.2. The van der Waals surface area contributed by atoms with Crippen LogP contribution in [0.25, 0.3) is 11.4 Å². The summed E-state index contributed by atoms with van der Waals surface area (Å²) in [5.41, 5.74) is 2.24. The highest BCUT2D eigenvalue weighted by atomic mass is 32.2. The lowest BCUT2D eigenvalue weighted by molar-refractivity contribution is 0.886. The smallest absolute Gasteiger partial charge is 0.159 e. The fourth-order valence-electron chi connectivity index (χ4n) is 2.46. The summed E-state index contributed by atoms with van der Waals surface area (Å²) in [7, 11) is 0. The van der Waals surface area contributed by atoms with E-state index in [0.29, 0.717) is 0 Å². The number of hydrogen-bond donors (Lipinski definition) is 0. The summed E-state index contributed by atoms with van der Waals surface area (Å²) in [6.45, 7) is 0. The van der Waals surface area contributed by atoms with Crippen LogP contribution in [-0.2, 0) is 5.75 Å². The van der Waals surface area contributed by atoms with E-state index >= 15 is 0 Å². The van der Waals surface area contributed by atoms with Gasteiger partial charge >= 0.3 is 0 Å². The van der Waals surface area contributed by atoms with Crippen molar-refractivity contribution in [2.45, 2.75) is 36.7 Å². The minimum atomic E-state index is 0.838. The zero-order valence-corrected chi connectivity index (χ0v) is 11.8. The van der Waals surface area contributed by atoms with Gasteiger partial charge in [-0.3, -0.25) is 0 Å². The fraction of sp³-hybridized carbons (Fsp3) is 0.375. The van der Waals surface area contributed by atoms with Crippen LogP contribution in [0.2, 0.25) is 0 Å². The van der Waals surface area contributed by atoms with Gasteiger partial charge in [0, 0.05) is 22.8 Å². The van der Waals surface area contributed by atoms with Gasteiger partial charge in [-0.25, -0.2) is 9.97 Å². The van der Waals surface area contributed by atoms with Crippen molar-refractivity contribution in [1.29, 1.82) is 0 Å². The Labute approximate surface area is 118 Å². The van der Waals surface area contributed by atoms with Gasteiger partial charge in [0.15, 0.2) is 5.82 Å². The number of rotatable bonds is 4. The molecule has 3 heteroatoms. The van der Waals surface area contributed by atoms with Crippen LogP contribution in [0.3, 0.4) is 0 Å². The first-order valence-electron chi connectivity index (χ1n) is 6.91. The zero-order chi connectivity index (χ0) is 12.9. The quantitative estimate of drug-likeness (QED) is 0.827. The SMILES string of the molecule is c1ccc(-c2nccc(CSC3CCCC3)n2)cc1. The van der Waals surface area contributed by atoms with E-state index in [4.69, 9.17) is 0 Å². The molecule has 1 aromatic heterocycles. The Kier molecular flexibility index (Phi) is 4.13. The molecule has 1 aromatic carbocycles. The summed E-state index contributed by atoms with van der Waals surface area (Å²) in [5.74, 6) is 1.85. The van der Waals surface area contributed by atoms with Gasteiger partial charge in [0.25, 0.3) is 0 Å². The maximum atomic E-state index is 4.67. The van der Waals surface area contributed by atoms with E-state index < -0.39 is 0 Å². The largest absolute Gasteiger partial charge is 0.237 e. The van der Waals surface area contributed by atoms with Gasteiger partial charge in [-0.05, 0) is 18.9 Å². The average molecular weight is 270 g/mol. The lowest BCUT2D eigenvalue weighted by atomic mass is 10.2. The van der Waals surface area contributed by atoms with E-state index in [9.17, 15) is 0 Å². The highest BCUT2D eigenvalue weighted by Crippen LogP contribution is 2.31. The standard InChI is InChI=1S/C16H18N2S/c1-2-6-13(7-3-1)16-17-11-10-14(18-16)12-19-15-8-4-5-9-15/h1-3,6-7,10-11,15H,4-5,8-9,12H2. The number of aromatic nitrogens is 2. The molecule has 0 atom stereocenters. The molecule has 0 aliphatic heterocycles. The molecule has 1 aliphatic rings. The molecule has 1 heterocycles. The molecule has 0 N–H and O–H groups in total. The maximum Gasteiger partial charge on any atom is 0.159 e. The van der Waals surface area contributed by atoms with Crippen molar-refractivity contribution in [3.05, 3.63) is 48.3 Å². The number of benzene rings is 1. The van der Waals surface area contributed by atoms with Crippen molar-refractivity contribution in [2.75, 3.05) is 0 Å². The minimum Gasteiger partial charge on any atom is -0.237 e. The third-order valence-electron chi connectivity index (χ3n) is 3.51. The van der Waals surface area contributed by atoms with Crippen molar-refractivity contribution >= 4 is 11.8 Å². The van der Waals surface area contributed by atoms with Gasteiger partial charge in [0.1, 0.15) is 0 Å². The predicted octanol–water partition coefficient (Wildman–Crippen LogP) is 4.32. The van der Waals surface area contributed by atoms with Crippen molar-refractivity contribution in [1.82, 2.24) is 9.97 Å². The first kappa shape index (κ1) is 12.7. The van der Waals surface area contributed by atoms with Crippen molar-refractivity contribution in [2.24, 2.45) is 0 Å². The second-order valence-electron chi connectivity index (χ2n) is 4.96. The second-order valence-corrected chi connectivity index (χ2v) is 6.24. The Morgan fingerprint density at radius 1 is 1.05 bits per heavy atom. The Balaban J connectivity index is 1.69.